The van der Waals surface area contributed by atoms with Crippen LogP contribution in [0.1, 0.15) is 25.7 Å². The molecule has 2 rings (SSSR count). The number of alkyl halides is 1. The van der Waals surface area contributed by atoms with Gasteiger partial charge in [0.1, 0.15) is 0 Å². The van der Waals surface area contributed by atoms with Crippen molar-refractivity contribution in [1.29, 1.82) is 0 Å². The molecule has 1 aliphatic carbocycles. The summed E-state index contributed by atoms with van der Waals surface area (Å²) < 4.78 is 4.68. The zero-order chi connectivity index (χ0) is 14.0. The van der Waals surface area contributed by atoms with Gasteiger partial charge in [0.15, 0.2) is 0 Å². The number of piperidine rings is 1. The van der Waals surface area contributed by atoms with Crippen molar-refractivity contribution < 1.29 is 19.4 Å². The highest BCUT2D eigenvalue weighted by Gasteiger charge is 2.41. The van der Waals surface area contributed by atoms with Gasteiger partial charge in [0.05, 0.1) is 19.1 Å². The number of ether oxygens (including phenoxy) is 1. The monoisotopic (exact) mass is 332 g/mol. The lowest BCUT2D eigenvalue weighted by molar-refractivity contribution is -0.313. The highest BCUT2D eigenvalue weighted by molar-refractivity contribution is 9.09. The third-order valence-electron chi connectivity index (χ3n) is 4.48. The van der Waals surface area contributed by atoms with Crippen LogP contribution < -0.4 is 5.11 Å². The van der Waals surface area contributed by atoms with Gasteiger partial charge < -0.3 is 14.6 Å². The van der Waals surface area contributed by atoms with Gasteiger partial charge >= 0.3 is 6.09 Å². The molecule has 0 aromatic carbocycles. The summed E-state index contributed by atoms with van der Waals surface area (Å²) >= 11 is 3.50. The van der Waals surface area contributed by atoms with E-state index in [9.17, 15) is 14.7 Å². The second-order valence-corrected chi connectivity index (χ2v) is 6.19. The molecule has 0 bridgehead atoms. The van der Waals surface area contributed by atoms with Crippen LogP contribution in [0, 0.1) is 17.8 Å². The third-order valence-corrected chi connectivity index (χ3v) is 5.40. The molecule has 0 aromatic heterocycles. The maximum absolute atomic E-state index is 11.7. The lowest BCUT2D eigenvalue weighted by Gasteiger charge is -2.47. The summed E-state index contributed by atoms with van der Waals surface area (Å²) in [5.41, 5.74) is 0. The van der Waals surface area contributed by atoms with Crippen LogP contribution >= 0.6 is 15.9 Å². The molecule has 1 saturated carbocycles. The molecular formula is C13H19BrNO4-. The van der Waals surface area contributed by atoms with E-state index in [4.69, 9.17) is 0 Å². The summed E-state index contributed by atoms with van der Waals surface area (Å²) in [6.45, 7) is 0.477. The van der Waals surface area contributed by atoms with Crippen molar-refractivity contribution in [2.24, 2.45) is 17.8 Å². The normalized spacial score (nSPS) is 34.5. The lowest BCUT2D eigenvalue weighted by atomic mass is 9.69. The van der Waals surface area contributed by atoms with Crippen LogP contribution in [-0.4, -0.2) is 42.0 Å². The molecule has 108 valence electrons. The molecule has 5 nitrogen and oxygen atoms in total. The number of carboxylic acids is 1. The van der Waals surface area contributed by atoms with Gasteiger partial charge in [0.25, 0.3) is 0 Å². The highest BCUT2D eigenvalue weighted by atomic mass is 79.9. The summed E-state index contributed by atoms with van der Waals surface area (Å²) in [6, 6.07) is -0.845. The number of rotatable bonds is 2. The Balaban J connectivity index is 2.10. The largest absolute Gasteiger partial charge is 0.548 e. The van der Waals surface area contributed by atoms with Crippen molar-refractivity contribution in [3.8, 4) is 0 Å². The number of aliphatic carboxylic acids is 1. The van der Waals surface area contributed by atoms with E-state index in [2.05, 4.69) is 20.7 Å². The minimum absolute atomic E-state index is 0.375. The van der Waals surface area contributed by atoms with E-state index in [0.717, 1.165) is 24.6 Å². The second kappa shape index (κ2) is 6.11. The number of methoxy groups -OCH3 is 1. The van der Waals surface area contributed by atoms with Crippen LogP contribution in [0.3, 0.4) is 0 Å². The van der Waals surface area contributed by atoms with Crippen LogP contribution in [0.2, 0.25) is 0 Å². The summed E-state index contributed by atoms with van der Waals surface area (Å²) in [5.74, 6) is 0.211. The minimum atomic E-state index is -1.18. The molecule has 1 amide bonds. The van der Waals surface area contributed by atoms with E-state index in [-0.39, 0.29) is 0 Å². The first-order chi connectivity index (χ1) is 9.06. The Morgan fingerprint density at radius 2 is 2.05 bits per heavy atom. The number of hydrogen-bond donors (Lipinski definition) is 0. The molecule has 1 heterocycles. The fourth-order valence-corrected chi connectivity index (χ4v) is 4.02. The van der Waals surface area contributed by atoms with E-state index >= 15 is 0 Å². The number of halogens is 1. The van der Waals surface area contributed by atoms with Crippen LogP contribution in [0.25, 0.3) is 0 Å². The highest BCUT2D eigenvalue weighted by Crippen LogP contribution is 2.41. The predicted octanol–water partition coefficient (Wildman–Crippen LogP) is 1.00. The number of carboxylic acid groups (broad SMARTS) is 1. The molecule has 6 heteroatoms. The topological polar surface area (TPSA) is 69.7 Å². The number of amides is 1. The van der Waals surface area contributed by atoms with Gasteiger partial charge in [-0.3, -0.25) is 4.90 Å². The first kappa shape index (κ1) is 14.6. The number of nitrogens with zero attached hydrogens (tertiary/aromatic N) is 1. The van der Waals surface area contributed by atoms with Crippen LogP contribution in [0.4, 0.5) is 4.79 Å². The fraction of sp³-hybridized carbons (Fsp3) is 0.846. The van der Waals surface area contributed by atoms with Crippen molar-refractivity contribution in [2.75, 3.05) is 19.0 Å². The standard InChI is InChI=1S/C13H20BrNO4/c1-19-13(18)15-7-9-3-2-8(6-14)4-10(9)5-11(15)12(16)17/h8-11H,2-7H2,1H3,(H,16,17)/p-1. The smallest absolute Gasteiger partial charge is 0.410 e. The molecule has 19 heavy (non-hydrogen) atoms. The van der Waals surface area contributed by atoms with Gasteiger partial charge in [0.2, 0.25) is 0 Å². The molecule has 1 saturated heterocycles. The zero-order valence-electron chi connectivity index (χ0n) is 11.0. The minimum Gasteiger partial charge on any atom is -0.548 e. The molecule has 2 aliphatic rings. The molecule has 0 N–H and O–H groups in total. The maximum atomic E-state index is 11.7. The van der Waals surface area contributed by atoms with Gasteiger partial charge in [-0.15, -0.1) is 0 Å². The second-order valence-electron chi connectivity index (χ2n) is 5.55. The van der Waals surface area contributed by atoms with Crippen LogP contribution in [0.15, 0.2) is 0 Å². The summed E-state index contributed by atoms with van der Waals surface area (Å²) in [4.78, 5) is 24.2. The van der Waals surface area contributed by atoms with Gasteiger partial charge in [0, 0.05) is 11.9 Å². The summed E-state index contributed by atoms with van der Waals surface area (Å²) in [6.07, 6.45) is 3.15. The van der Waals surface area contributed by atoms with Gasteiger partial charge in [-0.25, -0.2) is 4.79 Å². The molecule has 4 unspecified atom stereocenters. The van der Waals surface area contributed by atoms with Crippen molar-refractivity contribution in [2.45, 2.75) is 31.7 Å². The van der Waals surface area contributed by atoms with E-state index in [1.165, 1.54) is 12.0 Å². The Bertz CT molecular complexity index is 363. The number of hydrogen-bond acceptors (Lipinski definition) is 4. The maximum Gasteiger partial charge on any atom is 0.410 e. The molecule has 0 spiro atoms. The van der Waals surface area contributed by atoms with Crippen LogP contribution in [-0.2, 0) is 9.53 Å². The molecule has 2 fully saturated rings. The Kier molecular flexibility index (Phi) is 4.71. The van der Waals surface area contributed by atoms with Crippen molar-refractivity contribution >= 4 is 28.0 Å². The number of likely N-dealkylation sites (tertiary alicyclic amines) is 1. The fourth-order valence-electron chi connectivity index (χ4n) is 3.43. The Labute approximate surface area is 121 Å². The lowest BCUT2D eigenvalue weighted by Crippen LogP contribution is -2.57. The van der Waals surface area contributed by atoms with Crippen LogP contribution in [0.5, 0.6) is 0 Å². The summed E-state index contributed by atoms with van der Waals surface area (Å²) in [5, 5.41) is 12.2. The van der Waals surface area contributed by atoms with Gasteiger partial charge in [-0.1, -0.05) is 15.9 Å². The predicted molar refractivity (Wildman–Crippen MR) is 70.6 cm³/mol. The summed E-state index contributed by atoms with van der Waals surface area (Å²) in [7, 11) is 1.28. The van der Waals surface area contributed by atoms with Gasteiger partial charge in [-0.2, -0.15) is 0 Å². The van der Waals surface area contributed by atoms with E-state index in [0.29, 0.717) is 30.7 Å². The zero-order valence-corrected chi connectivity index (χ0v) is 12.6. The average molecular weight is 333 g/mol. The Hall–Kier alpha value is -0.780. The number of carbonyl (C=O) groups excluding carboxylic acids is 2. The average Bonchev–Trinajstić information content (AvgIpc) is 2.44. The number of carbonyl (C=O) groups is 2. The molecule has 1 aliphatic heterocycles. The quantitative estimate of drug-likeness (QED) is 0.707. The van der Waals surface area contributed by atoms with Crippen molar-refractivity contribution in [1.82, 2.24) is 4.90 Å². The van der Waals surface area contributed by atoms with E-state index in [1.54, 1.807) is 0 Å². The van der Waals surface area contributed by atoms with Gasteiger partial charge in [-0.05, 0) is 43.4 Å². The molecule has 0 aromatic rings. The molecule has 0 radical (unpaired) electrons. The van der Waals surface area contributed by atoms with Crippen molar-refractivity contribution in [3.05, 3.63) is 0 Å². The number of fused-ring (bicyclic) bond motifs is 1. The molecule has 4 atom stereocenters. The third kappa shape index (κ3) is 3.04. The van der Waals surface area contributed by atoms with E-state index < -0.39 is 18.1 Å². The molecular weight excluding hydrogens is 314 g/mol. The van der Waals surface area contributed by atoms with E-state index in [1.807, 2.05) is 0 Å². The first-order valence-electron chi connectivity index (χ1n) is 6.68. The first-order valence-corrected chi connectivity index (χ1v) is 7.80. The van der Waals surface area contributed by atoms with Crippen molar-refractivity contribution in [3.63, 3.8) is 0 Å². The Morgan fingerprint density at radius 1 is 1.32 bits per heavy atom. The SMILES string of the molecule is COC(=O)N1CC2CCC(CBr)CC2CC1C(=O)[O-]. The Morgan fingerprint density at radius 3 is 2.63 bits per heavy atom.